The lowest BCUT2D eigenvalue weighted by molar-refractivity contribution is -0.148. The Morgan fingerprint density at radius 1 is 1.50 bits per heavy atom. The monoisotopic (exact) mass is 259 g/mol. The number of carbonyl (C=O) groups excluding carboxylic acids is 1. The molecule has 1 amide bonds. The van der Waals surface area contributed by atoms with E-state index in [2.05, 4.69) is 0 Å². The van der Waals surface area contributed by atoms with E-state index in [-0.39, 0.29) is 18.4 Å². The normalized spacial score (nSPS) is 20.2. The molecule has 104 valence electrons. The van der Waals surface area contributed by atoms with E-state index in [9.17, 15) is 9.59 Å². The van der Waals surface area contributed by atoms with Gasteiger partial charge in [-0.25, -0.2) is 0 Å². The van der Waals surface area contributed by atoms with E-state index in [1.807, 2.05) is 13.8 Å². The van der Waals surface area contributed by atoms with Gasteiger partial charge in [-0.3, -0.25) is 9.59 Å². The van der Waals surface area contributed by atoms with E-state index in [0.29, 0.717) is 32.7 Å². The van der Waals surface area contributed by atoms with Crippen molar-refractivity contribution in [3.63, 3.8) is 0 Å². The Hall–Kier alpha value is -1.14. The standard InChI is InChI=1S/C12H21NO5/c1-9(2)17-5-3-11(14)13-4-6-18-10(8-13)7-12(15)16/h9-10H,3-8H2,1-2H3,(H,15,16). The van der Waals surface area contributed by atoms with Gasteiger partial charge in [0, 0.05) is 13.1 Å². The number of aliphatic carboxylic acids is 1. The van der Waals surface area contributed by atoms with Gasteiger partial charge in [-0.1, -0.05) is 0 Å². The molecule has 1 fully saturated rings. The molecule has 1 heterocycles. The highest BCUT2D eigenvalue weighted by Crippen LogP contribution is 2.10. The first-order chi connectivity index (χ1) is 8.49. The number of carboxylic acid groups (broad SMARTS) is 1. The molecule has 0 aromatic carbocycles. The fourth-order valence-corrected chi connectivity index (χ4v) is 1.80. The summed E-state index contributed by atoms with van der Waals surface area (Å²) < 4.78 is 10.6. The average molecular weight is 259 g/mol. The van der Waals surface area contributed by atoms with E-state index in [0.717, 1.165) is 0 Å². The zero-order valence-electron chi connectivity index (χ0n) is 10.9. The van der Waals surface area contributed by atoms with Crippen LogP contribution in [0.25, 0.3) is 0 Å². The summed E-state index contributed by atoms with van der Waals surface area (Å²) in [7, 11) is 0. The summed E-state index contributed by atoms with van der Waals surface area (Å²) in [5.41, 5.74) is 0. The fourth-order valence-electron chi connectivity index (χ4n) is 1.80. The van der Waals surface area contributed by atoms with Gasteiger partial charge in [0.05, 0.1) is 38.3 Å². The largest absolute Gasteiger partial charge is 0.481 e. The smallest absolute Gasteiger partial charge is 0.306 e. The third kappa shape index (κ3) is 5.46. The molecule has 1 aliphatic rings. The number of hydrogen-bond donors (Lipinski definition) is 1. The molecule has 0 spiro atoms. The SMILES string of the molecule is CC(C)OCCC(=O)N1CCOC(CC(=O)O)C1. The van der Waals surface area contributed by atoms with Crippen LogP contribution in [0.15, 0.2) is 0 Å². The third-order valence-electron chi connectivity index (χ3n) is 2.66. The van der Waals surface area contributed by atoms with Crippen LogP contribution in [0.3, 0.4) is 0 Å². The molecule has 0 aromatic rings. The number of nitrogens with zero attached hydrogens (tertiary/aromatic N) is 1. The predicted octanol–water partition coefficient (Wildman–Crippen LogP) is 0.504. The highest BCUT2D eigenvalue weighted by molar-refractivity contribution is 5.76. The van der Waals surface area contributed by atoms with Crippen LogP contribution in [0.1, 0.15) is 26.7 Å². The van der Waals surface area contributed by atoms with Gasteiger partial charge in [-0.15, -0.1) is 0 Å². The molecule has 0 aromatic heterocycles. The van der Waals surface area contributed by atoms with Crippen molar-refractivity contribution >= 4 is 11.9 Å². The average Bonchev–Trinajstić information content (AvgIpc) is 2.27. The van der Waals surface area contributed by atoms with Gasteiger partial charge < -0.3 is 19.5 Å². The summed E-state index contributed by atoms with van der Waals surface area (Å²) in [5.74, 6) is -0.910. The molecule has 6 heteroatoms. The molecule has 1 unspecified atom stereocenters. The van der Waals surface area contributed by atoms with E-state index in [4.69, 9.17) is 14.6 Å². The minimum Gasteiger partial charge on any atom is -0.481 e. The van der Waals surface area contributed by atoms with E-state index in [1.165, 1.54) is 0 Å². The first-order valence-electron chi connectivity index (χ1n) is 6.21. The van der Waals surface area contributed by atoms with Crippen molar-refractivity contribution in [2.75, 3.05) is 26.3 Å². The summed E-state index contributed by atoms with van der Waals surface area (Å²) in [5, 5.41) is 8.69. The van der Waals surface area contributed by atoms with Gasteiger partial charge in [0.15, 0.2) is 0 Å². The fraction of sp³-hybridized carbons (Fsp3) is 0.833. The van der Waals surface area contributed by atoms with E-state index in [1.54, 1.807) is 4.90 Å². The third-order valence-corrected chi connectivity index (χ3v) is 2.66. The second-order valence-electron chi connectivity index (χ2n) is 4.60. The van der Waals surface area contributed by atoms with Gasteiger partial charge >= 0.3 is 5.97 Å². The quantitative estimate of drug-likeness (QED) is 0.752. The van der Waals surface area contributed by atoms with Crippen LogP contribution in [-0.4, -0.2) is 60.4 Å². The highest BCUT2D eigenvalue weighted by Gasteiger charge is 2.25. The molecule has 0 bridgehead atoms. The van der Waals surface area contributed by atoms with Crippen molar-refractivity contribution in [2.45, 2.75) is 38.9 Å². The van der Waals surface area contributed by atoms with Crippen molar-refractivity contribution in [2.24, 2.45) is 0 Å². The van der Waals surface area contributed by atoms with Crippen LogP contribution in [0.4, 0.5) is 0 Å². The zero-order valence-corrected chi connectivity index (χ0v) is 10.9. The van der Waals surface area contributed by atoms with Crippen LogP contribution in [0.2, 0.25) is 0 Å². The lowest BCUT2D eigenvalue weighted by atomic mass is 10.2. The van der Waals surface area contributed by atoms with Crippen LogP contribution < -0.4 is 0 Å². The highest BCUT2D eigenvalue weighted by atomic mass is 16.5. The molecule has 0 saturated carbocycles. The van der Waals surface area contributed by atoms with Crippen molar-refractivity contribution in [1.29, 1.82) is 0 Å². The first-order valence-corrected chi connectivity index (χ1v) is 6.21. The first kappa shape index (κ1) is 14.9. The molecule has 1 rings (SSSR count). The number of morpholine rings is 1. The lowest BCUT2D eigenvalue weighted by Gasteiger charge is -2.32. The molecule has 6 nitrogen and oxygen atoms in total. The Morgan fingerprint density at radius 3 is 2.83 bits per heavy atom. The van der Waals surface area contributed by atoms with Crippen molar-refractivity contribution in [3.8, 4) is 0 Å². The summed E-state index contributed by atoms with van der Waals surface area (Å²) >= 11 is 0. The predicted molar refractivity (Wildman–Crippen MR) is 64.3 cm³/mol. The maximum absolute atomic E-state index is 11.9. The molecular weight excluding hydrogens is 238 g/mol. The summed E-state index contributed by atoms with van der Waals surface area (Å²) in [6.45, 7) is 5.51. The van der Waals surface area contributed by atoms with Gasteiger partial charge in [0.1, 0.15) is 0 Å². The Morgan fingerprint density at radius 2 is 2.22 bits per heavy atom. The summed E-state index contributed by atoms with van der Waals surface area (Å²) in [6.07, 6.45) is -0.0157. The van der Waals surface area contributed by atoms with Gasteiger partial charge in [-0.05, 0) is 13.8 Å². The second-order valence-corrected chi connectivity index (χ2v) is 4.60. The molecular formula is C12H21NO5. The maximum Gasteiger partial charge on any atom is 0.306 e. The van der Waals surface area contributed by atoms with Crippen LogP contribution in [0.5, 0.6) is 0 Å². The number of amides is 1. The van der Waals surface area contributed by atoms with Crippen LogP contribution in [0, 0.1) is 0 Å². The Balaban J connectivity index is 2.31. The zero-order chi connectivity index (χ0) is 13.5. The van der Waals surface area contributed by atoms with Gasteiger partial charge in [0.2, 0.25) is 5.91 Å². The number of carbonyl (C=O) groups is 2. The van der Waals surface area contributed by atoms with Gasteiger partial charge in [0.25, 0.3) is 0 Å². The Labute approximate surface area is 107 Å². The molecule has 1 atom stereocenters. The van der Waals surface area contributed by atoms with Crippen molar-refractivity contribution < 1.29 is 24.2 Å². The number of rotatable bonds is 6. The van der Waals surface area contributed by atoms with Crippen LogP contribution >= 0.6 is 0 Å². The minimum atomic E-state index is -0.905. The lowest BCUT2D eigenvalue weighted by Crippen LogP contribution is -2.46. The van der Waals surface area contributed by atoms with Crippen molar-refractivity contribution in [3.05, 3.63) is 0 Å². The molecule has 0 aliphatic carbocycles. The van der Waals surface area contributed by atoms with Crippen LogP contribution in [-0.2, 0) is 19.1 Å². The second kappa shape index (κ2) is 7.33. The molecule has 1 saturated heterocycles. The summed E-state index contributed by atoms with van der Waals surface area (Å²) in [4.78, 5) is 24.1. The molecule has 0 radical (unpaired) electrons. The topological polar surface area (TPSA) is 76.1 Å². The maximum atomic E-state index is 11.9. The number of carboxylic acids is 1. The van der Waals surface area contributed by atoms with E-state index < -0.39 is 12.1 Å². The van der Waals surface area contributed by atoms with Gasteiger partial charge in [-0.2, -0.15) is 0 Å². The van der Waals surface area contributed by atoms with E-state index >= 15 is 0 Å². The minimum absolute atomic E-state index is 0.00524. The summed E-state index contributed by atoms with van der Waals surface area (Å²) in [6, 6.07) is 0. The molecule has 1 N–H and O–H groups in total. The molecule has 1 aliphatic heterocycles. The van der Waals surface area contributed by atoms with Crippen molar-refractivity contribution in [1.82, 2.24) is 4.90 Å². The number of ether oxygens (including phenoxy) is 2. The molecule has 18 heavy (non-hydrogen) atoms. The number of hydrogen-bond acceptors (Lipinski definition) is 4. The Kier molecular flexibility index (Phi) is 6.07. The Bertz CT molecular complexity index is 292.